The average molecular weight is 488 g/mol. The minimum atomic E-state index is -4.89. The fourth-order valence-electron chi connectivity index (χ4n) is 2.76. The molecule has 2 aromatic carbocycles. The Morgan fingerprint density at radius 1 is 0.882 bits per heavy atom. The van der Waals surface area contributed by atoms with Crippen LogP contribution in [0, 0.1) is 0 Å². The van der Waals surface area contributed by atoms with Crippen molar-refractivity contribution in [2.45, 2.75) is 25.7 Å². The smallest absolute Gasteiger partial charge is 0.406 e. The lowest BCUT2D eigenvalue weighted by atomic mass is 10.1. The molecule has 0 aliphatic heterocycles. The van der Waals surface area contributed by atoms with Gasteiger partial charge >= 0.3 is 12.7 Å². The molecular formula is C21H18F6N4O3. The first-order chi connectivity index (χ1) is 15.9. The molecule has 1 heterocycles. The van der Waals surface area contributed by atoms with Crippen molar-refractivity contribution in [1.82, 2.24) is 9.97 Å². The Morgan fingerprint density at radius 2 is 1.50 bits per heavy atom. The van der Waals surface area contributed by atoms with Crippen molar-refractivity contribution in [1.29, 1.82) is 0 Å². The van der Waals surface area contributed by atoms with Gasteiger partial charge in [-0.2, -0.15) is 4.98 Å². The molecule has 0 aliphatic carbocycles. The molecule has 3 N–H and O–H groups in total. The fourth-order valence-corrected chi connectivity index (χ4v) is 2.76. The topological polar surface area (TPSA) is 88.5 Å². The molecule has 3 aromatic rings. The first kappa shape index (κ1) is 24.9. The highest BCUT2D eigenvalue weighted by Crippen LogP contribution is 2.30. The van der Waals surface area contributed by atoms with Gasteiger partial charge in [-0.3, -0.25) is 0 Å². The minimum absolute atomic E-state index is 0.0198. The largest absolute Gasteiger partial charge is 0.573 e. The maximum Gasteiger partial charge on any atom is 0.573 e. The first-order valence-corrected chi connectivity index (χ1v) is 9.66. The standard InChI is InChI=1S/C21H18F6N4O3/c1-12(11-32)28-19-30-17(13-4-2-6-15(8-13)33-20(22,23)24)10-18(31-19)29-14-5-3-7-16(9-14)34-21(25,26)27/h2-10,12,32H,11H2,1H3,(H2,28,29,30,31)/t12-/m0/s1. The molecule has 13 heteroatoms. The number of nitrogens with zero attached hydrogens (tertiary/aromatic N) is 2. The summed E-state index contributed by atoms with van der Waals surface area (Å²) in [6, 6.07) is 11.0. The lowest BCUT2D eigenvalue weighted by molar-refractivity contribution is -0.275. The van der Waals surface area contributed by atoms with Crippen LogP contribution in [0.25, 0.3) is 11.3 Å². The SMILES string of the molecule is C[C@@H](CO)Nc1nc(Nc2cccc(OC(F)(F)F)c2)cc(-c2cccc(OC(F)(F)F)c2)n1. The van der Waals surface area contributed by atoms with Crippen molar-refractivity contribution in [3.05, 3.63) is 54.6 Å². The quantitative estimate of drug-likeness (QED) is 0.362. The summed E-state index contributed by atoms with van der Waals surface area (Å²) in [5, 5.41) is 14.9. The van der Waals surface area contributed by atoms with Gasteiger partial charge in [-0.25, -0.2) is 4.98 Å². The number of aliphatic hydroxyl groups is 1. The number of hydrogen-bond acceptors (Lipinski definition) is 7. The van der Waals surface area contributed by atoms with Gasteiger partial charge in [-0.05, 0) is 31.2 Å². The van der Waals surface area contributed by atoms with Gasteiger partial charge < -0.3 is 25.2 Å². The van der Waals surface area contributed by atoms with E-state index in [0.717, 1.165) is 24.3 Å². The number of alkyl halides is 6. The van der Waals surface area contributed by atoms with Crippen molar-refractivity contribution in [3.8, 4) is 22.8 Å². The van der Waals surface area contributed by atoms with Crippen molar-refractivity contribution in [3.63, 3.8) is 0 Å². The van der Waals surface area contributed by atoms with Crippen LogP contribution in [0.4, 0.5) is 43.8 Å². The Balaban J connectivity index is 1.96. The van der Waals surface area contributed by atoms with Crippen molar-refractivity contribution < 1.29 is 40.9 Å². The first-order valence-electron chi connectivity index (χ1n) is 9.66. The second-order valence-corrected chi connectivity index (χ2v) is 6.97. The van der Waals surface area contributed by atoms with Gasteiger partial charge in [0, 0.05) is 29.4 Å². The van der Waals surface area contributed by atoms with E-state index in [1.54, 1.807) is 6.92 Å². The zero-order valence-corrected chi connectivity index (χ0v) is 17.4. The summed E-state index contributed by atoms with van der Waals surface area (Å²) < 4.78 is 83.1. The maximum absolute atomic E-state index is 12.6. The normalized spacial score (nSPS) is 12.7. The third-order valence-corrected chi connectivity index (χ3v) is 4.08. The lowest BCUT2D eigenvalue weighted by Crippen LogP contribution is -2.21. The number of anilines is 3. The Kier molecular flexibility index (Phi) is 7.35. The van der Waals surface area contributed by atoms with E-state index in [4.69, 9.17) is 0 Å². The molecule has 0 saturated heterocycles. The number of halogens is 6. The molecule has 1 atom stereocenters. The maximum atomic E-state index is 12.6. The predicted octanol–water partition coefficient (Wildman–Crippen LogP) is 5.48. The van der Waals surface area contributed by atoms with Gasteiger partial charge in [0.05, 0.1) is 12.3 Å². The molecule has 0 aliphatic rings. The van der Waals surface area contributed by atoms with E-state index < -0.39 is 30.3 Å². The van der Waals surface area contributed by atoms with E-state index in [1.807, 2.05) is 0 Å². The average Bonchev–Trinajstić information content (AvgIpc) is 2.71. The molecule has 34 heavy (non-hydrogen) atoms. The van der Waals surface area contributed by atoms with Crippen LogP contribution in [0.3, 0.4) is 0 Å². The Labute approximate surface area is 189 Å². The zero-order chi connectivity index (χ0) is 24.9. The number of rotatable bonds is 8. The fraction of sp³-hybridized carbons (Fsp3) is 0.238. The van der Waals surface area contributed by atoms with Gasteiger partial charge in [0.25, 0.3) is 0 Å². The van der Waals surface area contributed by atoms with Gasteiger partial charge in [0.2, 0.25) is 5.95 Å². The molecule has 1 aromatic heterocycles. The number of aliphatic hydroxyl groups excluding tert-OH is 1. The molecule has 3 rings (SSSR count). The van der Waals surface area contributed by atoms with Crippen molar-refractivity contribution in [2.75, 3.05) is 17.2 Å². The third-order valence-electron chi connectivity index (χ3n) is 4.08. The Hall–Kier alpha value is -3.74. The second kappa shape index (κ2) is 10.0. The van der Waals surface area contributed by atoms with Gasteiger partial charge in [0.15, 0.2) is 0 Å². The van der Waals surface area contributed by atoms with Crippen molar-refractivity contribution >= 4 is 17.5 Å². The second-order valence-electron chi connectivity index (χ2n) is 6.97. The molecule has 0 bridgehead atoms. The third kappa shape index (κ3) is 7.69. The summed E-state index contributed by atoms with van der Waals surface area (Å²) in [4.78, 5) is 8.46. The molecule has 7 nitrogen and oxygen atoms in total. The van der Waals surface area contributed by atoms with Crippen LogP contribution in [0.1, 0.15) is 6.92 Å². The highest BCUT2D eigenvalue weighted by molar-refractivity contribution is 5.68. The molecular weight excluding hydrogens is 470 g/mol. The minimum Gasteiger partial charge on any atom is -0.406 e. The van der Waals surface area contributed by atoms with Crippen LogP contribution in [0.2, 0.25) is 0 Å². The van der Waals surface area contributed by atoms with Crippen LogP contribution in [-0.4, -0.2) is 40.4 Å². The highest BCUT2D eigenvalue weighted by atomic mass is 19.4. The summed E-state index contributed by atoms with van der Waals surface area (Å²) >= 11 is 0. The van der Waals surface area contributed by atoms with Crippen LogP contribution in [0.5, 0.6) is 11.5 Å². The Morgan fingerprint density at radius 3 is 2.12 bits per heavy atom. The number of benzene rings is 2. The van der Waals surface area contributed by atoms with E-state index in [2.05, 4.69) is 30.1 Å². The van der Waals surface area contributed by atoms with Gasteiger partial charge in [0.1, 0.15) is 17.3 Å². The van der Waals surface area contributed by atoms with Crippen LogP contribution in [-0.2, 0) is 0 Å². The molecule has 0 fully saturated rings. The summed E-state index contributed by atoms with van der Waals surface area (Å²) in [6.45, 7) is 1.38. The lowest BCUT2D eigenvalue weighted by Gasteiger charge is -2.15. The molecule has 0 spiro atoms. The number of aromatic nitrogens is 2. The summed E-state index contributed by atoms with van der Waals surface area (Å²) in [7, 11) is 0. The summed E-state index contributed by atoms with van der Waals surface area (Å²) in [5.41, 5.74) is 0.628. The van der Waals surface area contributed by atoms with Crippen LogP contribution < -0.4 is 20.1 Å². The van der Waals surface area contributed by atoms with Crippen LogP contribution in [0.15, 0.2) is 54.6 Å². The van der Waals surface area contributed by atoms with Gasteiger partial charge in [-0.1, -0.05) is 18.2 Å². The Bertz CT molecular complexity index is 1120. The molecule has 0 unspecified atom stereocenters. The van der Waals surface area contributed by atoms with E-state index in [-0.39, 0.29) is 35.3 Å². The number of ether oxygens (including phenoxy) is 2. The molecule has 182 valence electrons. The summed E-state index contributed by atoms with van der Waals surface area (Å²) in [5.74, 6) is -0.792. The molecule has 0 saturated carbocycles. The van der Waals surface area contributed by atoms with Crippen LogP contribution >= 0.6 is 0 Å². The predicted molar refractivity (Wildman–Crippen MR) is 111 cm³/mol. The highest BCUT2D eigenvalue weighted by Gasteiger charge is 2.32. The zero-order valence-electron chi connectivity index (χ0n) is 17.4. The van der Waals surface area contributed by atoms with E-state index in [9.17, 15) is 31.4 Å². The molecule has 0 radical (unpaired) electrons. The molecule has 0 amide bonds. The monoisotopic (exact) mass is 488 g/mol. The summed E-state index contributed by atoms with van der Waals surface area (Å²) in [6.07, 6.45) is -9.76. The van der Waals surface area contributed by atoms with Crippen molar-refractivity contribution in [2.24, 2.45) is 0 Å². The number of hydrogen-bond donors (Lipinski definition) is 3. The van der Waals surface area contributed by atoms with Gasteiger partial charge in [-0.15, -0.1) is 26.3 Å². The van der Waals surface area contributed by atoms with E-state index in [1.165, 1.54) is 30.3 Å². The van der Waals surface area contributed by atoms with E-state index >= 15 is 0 Å². The number of nitrogens with one attached hydrogen (secondary N) is 2. The van der Waals surface area contributed by atoms with E-state index in [0.29, 0.717) is 0 Å².